The van der Waals surface area contributed by atoms with E-state index in [4.69, 9.17) is 13.9 Å². The molecule has 0 bridgehead atoms. The van der Waals surface area contributed by atoms with Gasteiger partial charge in [-0.25, -0.2) is 0 Å². The first-order valence-electron chi connectivity index (χ1n) is 14.1. The molecule has 0 heterocycles. The zero-order chi connectivity index (χ0) is 30.0. The highest BCUT2D eigenvalue weighted by molar-refractivity contribution is 6.74. The summed E-state index contributed by atoms with van der Waals surface area (Å²) in [5.41, 5.74) is 2.96. The van der Waals surface area contributed by atoms with Gasteiger partial charge in [0.05, 0.1) is 32.9 Å². The van der Waals surface area contributed by atoms with Crippen LogP contribution in [0.25, 0.3) is 6.08 Å². The van der Waals surface area contributed by atoms with Crippen LogP contribution in [0, 0.1) is 0 Å². The number of amides is 1. The molecule has 3 rings (SSSR count). The van der Waals surface area contributed by atoms with Crippen molar-refractivity contribution in [2.75, 3.05) is 14.2 Å². The first-order valence-corrected chi connectivity index (χ1v) is 17.0. The van der Waals surface area contributed by atoms with Crippen LogP contribution in [-0.2, 0) is 22.2 Å². The molecule has 6 heteroatoms. The Morgan fingerprint density at radius 1 is 0.951 bits per heavy atom. The van der Waals surface area contributed by atoms with Gasteiger partial charge in [-0.1, -0.05) is 87.5 Å². The van der Waals surface area contributed by atoms with Gasteiger partial charge in [0, 0.05) is 17.7 Å². The molecule has 0 N–H and O–H groups in total. The SMILES string of the molecule is C=C[C@H](O[Si](C)(C)C(C)(C)C)[C@H](Cc1ccccc1)N(Cc1ccc(OC)cc1OC)C(=O)/C=C/c1ccccc1. The molecule has 1 amide bonds. The number of hydrogen-bond donors (Lipinski definition) is 0. The standard InChI is InChI=1S/C35H45NO4Si/c1-9-32(40-41(7,8)35(2,3)4)31(24-28-18-14-11-15-19-28)36(34(37)23-20-27-16-12-10-13-17-27)26-29-21-22-30(38-5)25-33(29)39-6/h9-23,25,31-32H,1,24,26H2,2-8H3/b23-20+/t31-,32-/m0/s1. The number of methoxy groups -OCH3 is 2. The van der Waals surface area contributed by atoms with Crippen LogP contribution in [0.2, 0.25) is 18.1 Å². The predicted octanol–water partition coefficient (Wildman–Crippen LogP) is 7.93. The van der Waals surface area contributed by atoms with E-state index in [1.807, 2.05) is 83.8 Å². The molecule has 41 heavy (non-hydrogen) atoms. The van der Waals surface area contributed by atoms with Gasteiger partial charge < -0.3 is 18.8 Å². The van der Waals surface area contributed by atoms with Crippen molar-refractivity contribution in [3.8, 4) is 11.5 Å². The van der Waals surface area contributed by atoms with Crippen molar-refractivity contribution in [1.29, 1.82) is 0 Å². The second kappa shape index (κ2) is 14.3. The fourth-order valence-electron chi connectivity index (χ4n) is 4.41. The van der Waals surface area contributed by atoms with Gasteiger partial charge in [0.1, 0.15) is 11.5 Å². The first kappa shape index (κ1) is 31.9. The highest BCUT2D eigenvalue weighted by Crippen LogP contribution is 2.38. The lowest BCUT2D eigenvalue weighted by Gasteiger charge is -2.43. The molecule has 3 aromatic carbocycles. The lowest BCUT2D eigenvalue weighted by Crippen LogP contribution is -2.53. The molecule has 218 valence electrons. The third-order valence-corrected chi connectivity index (χ3v) is 12.3. The Morgan fingerprint density at radius 2 is 1.59 bits per heavy atom. The number of nitrogens with zero attached hydrogens (tertiary/aromatic N) is 1. The van der Waals surface area contributed by atoms with E-state index in [9.17, 15) is 4.79 Å². The summed E-state index contributed by atoms with van der Waals surface area (Å²) in [6, 6.07) is 25.5. The van der Waals surface area contributed by atoms with Crippen LogP contribution in [0.4, 0.5) is 0 Å². The molecule has 5 nitrogen and oxygen atoms in total. The minimum atomic E-state index is -2.21. The van der Waals surface area contributed by atoms with Gasteiger partial charge in [-0.15, -0.1) is 6.58 Å². The molecular formula is C35H45NO4Si. The van der Waals surface area contributed by atoms with E-state index in [1.165, 1.54) is 0 Å². The molecule has 0 aromatic heterocycles. The maximum Gasteiger partial charge on any atom is 0.247 e. The molecule has 3 aromatic rings. The van der Waals surface area contributed by atoms with Gasteiger partial charge in [-0.2, -0.15) is 0 Å². The average molecular weight is 572 g/mol. The van der Waals surface area contributed by atoms with Crippen LogP contribution in [0.3, 0.4) is 0 Å². The summed E-state index contributed by atoms with van der Waals surface area (Å²) in [6.45, 7) is 15.6. The number of carbonyl (C=O) groups is 1. The molecule has 0 radical (unpaired) electrons. The summed E-state index contributed by atoms with van der Waals surface area (Å²) < 4.78 is 18.1. The Hall–Kier alpha value is -3.61. The second-order valence-corrected chi connectivity index (χ2v) is 16.5. The molecule has 0 fully saturated rings. The fraction of sp³-hybridized carbons (Fsp3) is 0.343. The maximum absolute atomic E-state index is 14.2. The predicted molar refractivity (Wildman–Crippen MR) is 172 cm³/mol. The Morgan fingerprint density at radius 3 is 2.15 bits per heavy atom. The monoisotopic (exact) mass is 571 g/mol. The Balaban J connectivity index is 2.12. The second-order valence-electron chi connectivity index (χ2n) is 11.7. The molecule has 0 saturated heterocycles. The highest BCUT2D eigenvalue weighted by Gasteiger charge is 2.41. The minimum absolute atomic E-state index is 0.00713. The van der Waals surface area contributed by atoms with Gasteiger partial charge in [0.2, 0.25) is 5.91 Å². The van der Waals surface area contributed by atoms with Crippen molar-refractivity contribution in [3.05, 3.63) is 114 Å². The molecule has 0 unspecified atom stereocenters. The van der Waals surface area contributed by atoms with Gasteiger partial charge >= 0.3 is 0 Å². The number of benzene rings is 3. The average Bonchev–Trinajstić information content (AvgIpc) is 2.97. The van der Waals surface area contributed by atoms with Gasteiger partial charge in [0.25, 0.3) is 0 Å². The van der Waals surface area contributed by atoms with Crippen LogP contribution in [0.1, 0.15) is 37.5 Å². The third kappa shape index (κ3) is 8.68. The van der Waals surface area contributed by atoms with E-state index in [2.05, 4.69) is 52.6 Å². The van der Waals surface area contributed by atoms with Crippen LogP contribution >= 0.6 is 0 Å². The lowest BCUT2D eigenvalue weighted by atomic mass is 9.98. The van der Waals surface area contributed by atoms with E-state index in [1.54, 1.807) is 20.3 Å². The molecule has 0 aliphatic carbocycles. The van der Waals surface area contributed by atoms with Crippen molar-refractivity contribution in [3.63, 3.8) is 0 Å². The molecule has 0 saturated carbocycles. The topological polar surface area (TPSA) is 48.0 Å². The molecule has 2 atom stereocenters. The largest absolute Gasteiger partial charge is 0.497 e. The summed E-state index contributed by atoms with van der Waals surface area (Å²) in [6.07, 6.45) is 5.60. The molecule has 0 aliphatic heterocycles. The van der Waals surface area contributed by atoms with Crippen LogP contribution in [0.15, 0.2) is 97.6 Å². The van der Waals surface area contributed by atoms with Crippen molar-refractivity contribution in [2.45, 2.75) is 64.0 Å². The summed E-state index contributed by atoms with van der Waals surface area (Å²) in [4.78, 5) is 16.1. The summed E-state index contributed by atoms with van der Waals surface area (Å²) in [5.74, 6) is 1.24. The quantitative estimate of drug-likeness (QED) is 0.119. The molecule has 0 spiro atoms. The van der Waals surface area contributed by atoms with Crippen molar-refractivity contribution < 1.29 is 18.7 Å². The fourth-order valence-corrected chi connectivity index (χ4v) is 5.70. The zero-order valence-corrected chi connectivity index (χ0v) is 26.6. The van der Waals surface area contributed by atoms with Crippen molar-refractivity contribution in [2.24, 2.45) is 0 Å². The minimum Gasteiger partial charge on any atom is -0.497 e. The smallest absolute Gasteiger partial charge is 0.247 e. The summed E-state index contributed by atoms with van der Waals surface area (Å²) in [7, 11) is 1.05. The van der Waals surface area contributed by atoms with Crippen LogP contribution < -0.4 is 9.47 Å². The van der Waals surface area contributed by atoms with Crippen LogP contribution in [0.5, 0.6) is 11.5 Å². The number of rotatable bonds is 13. The summed E-state index contributed by atoms with van der Waals surface area (Å²) >= 11 is 0. The first-order chi connectivity index (χ1) is 19.5. The molecular weight excluding hydrogens is 526 g/mol. The van der Waals surface area contributed by atoms with E-state index >= 15 is 0 Å². The van der Waals surface area contributed by atoms with E-state index < -0.39 is 8.32 Å². The number of ether oxygens (including phenoxy) is 2. The van der Waals surface area contributed by atoms with Gasteiger partial charge in [0.15, 0.2) is 8.32 Å². The Labute approximate surface area is 247 Å². The highest BCUT2D eigenvalue weighted by atomic mass is 28.4. The zero-order valence-electron chi connectivity index (χ0n) is 25.6. The van der Waals surface area contributed by atoms with Gasteiger partial charge in [-0.3, -0.25) is 4.79 Å². The van der Waals surface area contributed by atoms with Crippen molar-refractivity contribution >= 4 is 20.3 Å². The van der Waals surface area contributed by atoms with E-state index in [0.29, 0.717) is 24.5 Å². The lowest BCUT2D eigenvalue weighted by molar-refractivity contribution is -0.130. The normalized spacial score (nSPS) is 13.4. The van der Waals surface area contributed by atoms with E-state index in [-0.39, 0.29) is 23.1 Å². The Kier molecular flexibility index (Phi) is 11.2. The van der Waals surface area contributed by atoms with Gasteiger partial charge in [-0.05, 0) is 53.9 Å². The van der Waals surface area contributed by atoms with Crippen molar-refractivity contribution in [1.82, 2.24) is 4.90 Å². The van der Waals surface area contributed by atoms with Crippen LogP contribution in [-0.4, -0.2) is 45.5 Å². The Bertz CT molecular complexity index is 1300. The van der Waals surface area contributed by atoms with E-state index in [0.717, 1.165) is 16.7 Å². The molecule has 0 aliphatic rings. The summed E-state index contributed by atoms with van der Waals surface area (Å²) in [5, 5.41) is -0.00713. The maximum atomic E-state index is 14.2. The number of carbonyl (C=O) groups excluding carboxylic acids is 1. The number of hydrogen-bond acceptors (Lipinski definition) is 4. The third-order valence-electron chi connectivity index (χ3n) is 7.87.